The Morgan fingerprint density at radius 2 is 1.92 bits per heavy atom. The normalized spacial score (nSPS) is 10.8. The molecule has 0 aliphatic rings. The van der Waals surface area contributed by atoms with Crippen LogP contribution in [0.2, 0.25) is 0 Å². The summed E-state index contributed by atoms with van der Waals surface area (Å²) in [6.45, 7) is 4.59. The van der Waals surface area contributed by atoms with Crippen molar-refractivity contribution in [1.29, 1.82) is 0 Å². The third-order valence-electron chi connectivity index (χ3n) is 4.22. The van der Waals surface area contributed by atoms with Crippen LogP contribution >= 0.6 is 11.3 Å². The molecule has 0 bridgehead atoms. The highest BCUT2D eigenvalue weighted by Crippen LogP contribution is 2.26. The van der Waals surface area contributed by atoms with E-state index in [2.05, 4.69) is 36.2 Å². The number of hydrogen-bond donors (Lipinski definition) is 0. The number of oxazole rings is 1. The van der Waals surface area contributed by atoms with Gasteiger partial charge in [0.15, 0.2) is 0 Å². The molecule has 0 radical (unpaired) electrons. The second-order valence-electron chi connectivity index (χ2n) is 6.10. The second-order valence-corrected chi connectivity index (χ2v) is 7.04. The van der Waals surface area contributed by atoms with Gasteiger partial charge in [-0.15, -0.1) is 11.3 Å². The van der Waals surface area contributed by atoms with Gasteiger partial charge in [0.25, 0.3) is 0 Å². The number of nitrogens with zero attached hydrogens (tertiary/aromatic N) is 2. The van der Waals surface area contributed by atoms with Crippen molar-refractivity contribution in [3.63, 3.8) is 0 Å². The maximum absolute atomic E-state index is 12.5. The van der Waals surface area contributed by atoms with E-state index >= 15 is 0 Å². The van der Waals surface area contributed by atoms with Crippen LogP contribution in [-0.4, -0.2) is 22.8 Å². The molecule has 5 heteroatoms. The smallest absolute Gasteiger partial charge is 0.236 e. The van der Waals surface area contributed by atoms with Gasteiger partial charge in [-0.25, -0.2) is 4.98 Å². The number of rotatable bonds is 6. The molecule has 2 aromatic heterocycles. The van der Waals surface area contributed by atoms with Crippen molar-refractivity contribution in [2.45, 2.75) is 33.2 Å². The van der Waals surface area contributed by atoms with Crippen LogP contribution in [-0.2, 0) is 24.2 Å². The van der Waals surface area contributed by atoms with Crippen LogP contribution in [0.15, 0.2) is 46.2 Å². The number of carbonyl (C=O) groups is 1. The van der Waals surface area contributed by atoms with E-state index in [-0.39, 0.29) is 12.3 Å². The van der Waals surface area contributed by atoms with Crippen molar-refractivity contribution < 1.29 is 9.21 Å². The summed E-state index contributed by atoms with van der Waals surface area (Å²) in [5.41, 5.74) is 3.14. The Balaban J connectivity index is 1.65. The molecule has 2 heterocycles. The number of benzene rings is 1. The van der Waals surface area contributed by atoms with E-state index in [1.165, 1.54) is 5.56 Å². The van der Waals surface area contributed by atoms with Crippen LogP contribution in [0.1, 0.15) is 29.5 Å². The van der Waals surface area contributed by atoms with Crippen molar-refractivity contribution in [2.75, 3.05) is 7.05 Å². The third-order valence-corrected chi connectivity index (χ3v) is 5.08. The molecule has 0 saturated heterocycles. The maximum Gasteiger partial charge on any atom is 0.236 e. The van der Waals surface area contributed by atoms with Gasteiger partial charge in [-0.2, -0.15) is 0 Å². The van der Waals surface area contributed by atoms with Crippen molar-refractivity contribution in [3.05, 3.63) is 64.4 Å². The van der Waals surface area contributed by atoms with E-state index in [0.29, 0.717) is 23.9 Å². The number of hydrogen-bond acceptors (Lipinski definition) is 4. The van der Waals surface area contributed by atoms with Gasteiger partial charge in [0.05, 0.1) is 17.0 Å². The fourth-order valence-corrected chi connectivity index (χ4v) is 3.27. The van der Waals surface area contributed by atoms with E-state index in [4.69, 9.17) is 4.42 Å². The van der Waals surface area contributed by atoms with Crippen molar-refractivity contribution in [1.82, 2.24) is 9.88 Å². The van der Waals surface area contributed by atoms with Crippen molar-refractivity contribution in [3.8, 4) is 10.8 Å². The molecule has 0 fully saturated rings. The van der Waals surface area contributed by atoms with Gasteiger partial charge < -0.3 is 9.32 Å². The van der Waals surface area contributed by atoms with E-state index in [0.717, 1.165) is 16.9 Å². The lowest BCUT2D eigenvalue weighted by atomic mass is 10.1. The molecule has 0 unspecified atom stereocenters. The molecule has 1 aromatic carbocycles. The predicted molar refractivity (Wildman–Crippen MR) is 101 cm³/mol. The van der Waals surface area contributed by atoms with Gasteiger partial charge in [-0.3, -0.25) is 4.79 Å². The first kappa shape index (κ1) is 17.4. The summed E-state index contributed by atoms with van der Waals surface area (Å²) in [6, 6.07) is 12.3. The molecule has 0 N–H and O–H groups in total. The fourth-order valence-electron chi connectivity index (χ4n) is 2.62. The Kier molecular flexibility index (Phi) is 5.34. The summed E-state index contributed by atoms with van der Waals surface area (Å²) in [6.07, 6.45) is 1.28. The Hall–Kier alpha value is -2.40. The molecule has 3 rings (SSSR count). The van der Waals surface area contributed by atoms with Crippen LogP contribution in [0.5, 0.6) is 0 Å². The Morgan fingerprint density at radius 3 is 2.56 bits per heavy atom. The largest absolute Gasteiger partial charge is 0.440 e. The lowest BCUT2D eigenvalue weighted by molar-refractivity contribution is -0.129. The van der Waals surface area contributed by atoms with Gasteiger partial charge in [0.2, 0.25) is 11.8 Å². The number of thiophene rings is 1. The summed E-state index contributed by atoms with van der Waals surface area (Å²) in [5.74, 6) is 1.33. The zero-order valence-corrected chi connectivity index (χ0v) is 15.6. The highest BCUT2D eigenvalue weighted by Gasteiger charge is 2.17. The molecule has 3 aromatic rings. The summed E-state index contributed by atoms with van der Waals surface area (Å²) in [7, 11) is 1.83. The molecule has 25 heavy (non-hydrogen) atoms. The average Bonchev–Trinajstić information content (AvgIpc) is 3.26. The van der Waals surface area contributed by atoms with Crippen LogP contribution < -0.4 is 0 Å². The van der Waals surface area contributed by atoms with E-state index in [9.17, 15) is 4.79 Å². The number of aryl methyl sites for hydroxylation is 2. The highest BCUT2D eigenvalue weighted by atomic mass is 32.1. The highest BCUT2D eigenvalue weighted by molar-refractivity contribution is 7.13. The molecule has 1 amide bonds. The summed E-state index contributed by atoms with van der Waals surface area (Å²) >= 11 is 1.58. The molecular weight excluding hydrogens is 332 g/mol. The summed E-state index contributed by atoms with van der Waals surface area (Å²) < 4.78 is 5.71. The zero-order chi connectivity index (χ0) is 17.8. The second kappa shape index (κ2) is 7.66. The van der Waals surface area contributed by atoms with Crippen LogP contribution in [0.25, 0.3) is 10.8 Å². The van der Waals surface area contributed by atoms with Gasteiger partial charge in [-0.1, -0.05) is 37.3 Å². The average molecular weight is 354 g/mol. The summed E-state index contributed by atoms with van der Waals surface area (Å²) in [5, 5.41) is 1.98. The lowest BCUT2D eigenvalue weighted by Crippen LogP contribution is -2.28. The van der Waals surface area contributed by atoms with Gasteiger partial charge in [0.1, 0.15) is 5.76 Å². The first-order valence-corrected chi connectivity index (χ1v) is 9.26. The lowest BCUT2D eigenvalue weighted by Gasteiger charge is -2.17. The quantitative estimate of drug-likeness (QED) is 0.656. The monoisotopic (exact) mass is 354 g/mol. The maximum atomic E-state index is 12.5. The van der Waals surface area contributed by atoms with Crippen LogP contribution in [0.3, 0.4) is 0 Å². The Labute approximate surface area is 152 Å². The fraction of sp³-hybridized carbons (Fsp3) is 0.300. The minimum absolute atomic E-state index is 0.0358. The van der Waals surface area contributed by atoms with E-state index in [1.807, 2.05) is 31.5 Å². The topological polar surface area (TPSA) is 46.3 Å². The molecule has 130 valence electrons. The van der Waals surface area contributed by atoms with Crippen LogP contribution in [0, 0.1) is 6.92 Å². The number of carbonyl (C=O) groups excluding carboxylic acids is 1. The first-order valence-electron chi connectivity index (χ1n) is 8.38. The molecule has 0 aliphatic heterocycles. The summed E-state index contributed by atoms with van der Waals surface area (Å²) in [4.78, 5) is 19.7. The molecular formula is C20H22N2O2S. The third kappa shape index (κ3) is 4.17. The SMILES string of the molecule is CCc1ccc(CN(C)C(=O)Cc2nc(-c3cccs3)oc2C)cc1. The van der Waals surface area contributed by atoms with Crippen LogP contribution in [0.4, 0.5) is 0 Å². The number of likely N-dealkylation sites (N-methyl/N-ethyl adjacent to an activating group) is 1. The molecule has 0 atom stereocenters. The Bertz CT molecular complexity index is 835. The van der Waals surface area contributed by atoms with Gasteiger partial charge >= 0.3 is 0 Å². The molecule has 0 spiro atoms. The van der Waals surface area contributed by atoms with Gasteiger partial charge in [0, 0.05) is 13.6 Å². The number of amides is 1. The Morgan fingerprint density at radius 1 is 1.20 bits per heavy atom. The standard InChI is InChI=1S/C20H22N2O2S/c1-4-15-7-9-16(10-8-15)13-22(3)19(23)12-17-14(2)24-20(21-17)18-6-5-11-25-18/h5-11H,4,12-13H2,1-3H3. The van der Waals surface area contributed by atoms with Crippen molar-refractivity contribution >= 4 is 17.2 Å². The molecule has 0 aliphatic carbocycles. The van der Waals surface area contributed by atoms with E-state index in [1.54, 1.807) is 16.2 Å². The van der Waals surface area contributed by atoms with Crippen molar-refractivity contribution in [2.24, 2.45) is 0 Å². The minimum atomic E-state index is 0.0358. The molecule has 0 saturated carbocycles. The number of aromatic nitrogens is 1. The first-order chi connectivity index (χ1) is 12.1. The van der Waals surface area contributed by atoms with Gasteiger partial charge in [-0.05, 0) is 35.9 Å². The molecule has 4 nitrogen and oxygen atoms in total. The zero-order valence-electron chi connectivity index (χ0n) is 14.8. The van der Waals surface area contributed by atoms with E-state index < -0.39 is 0 Å². The predicted octanol–water partition coefficient (Wildman–Crippen LogP) is 4.48. The minimum Gasteiger partial charge on any atom is -0.440 e.